The Morgan fingerprint density at radius 2 is 2.08 bits per heavy atom. The number of methoxy groups -OCH3 is 1. The zero-order valence-electron chi connectivity index (χ0n) is 7.22. The first kappa shape index (κ1) is 9.08. The van der Waals surface area contributed by atoms with E-state index >= 15 is 0 Å². The number of nitrogens with two attached hydrogens (primary N) is 1. The second-order valence-electron chi connectivity index (χ2n) is 3.10. The molecule has 0 bridgehead atoms. The molecule has 0 spiro atoms. The quantitative estimate of drug-likeness (QED) is 0.323. The van der Waals surface area contributed by atoms with Crippen molar-refractivity contribution in [3.8, 4) is 11.8 Å². The average Bonchev–Trinajstić information content (AvgIpc) is 2.49. The molecular formula is C9H13NO2. The lowest BCUT2D eigenvalue weighted by Crippen LogP contribution is -2.34. The van der Waals surface area contributed by atoms with Gasteiger partial charge in [-0.1, -0.05) is 18.8 Å². The normalized spacial score (nSPS) is 19.5. The Morgan fingerprint density at radius 3 is 2.58 bits per heavy atom. The first-order valence-electron chi connectivity index (χ1n) is 4.06. The highest BCUT2D eigenvalue weighted by atomic mass is 16.5. The fourth-order valence-corrected chi connectivity index (χ4v) is 1.36. The van der Waals surface area contributed by atoms with Crippen LogP contribution < -0.4 is 5.73 Å². The lowest BCUT2D eigenvalue weighted by Gasteiger charge is -2.13. The molecule has 1 fully saturated rings. The number of esters is 1. The molecule has 2 N–H and O–H groups in total. The van der Waals surface area contributed by atoms with Crippen molar-refractivity contribution in [3.05, 3.63) is 0 Å². The molecule has 3 heteroatoms. The third-order valence-corrected chi connectivity index (χ3v) is 2.09. The summed E-state index contributed by atoms with van der Waals surface area (Å²) < 4.78 is 4.39. The first-order valence-corrected chi connectivity index (χ1v) is 4.06. The van der Waals surface area contributed by atoms with Crippen molar-refractivity contribution in [2.24, 2.45) is 5.73 Å². The molecule has 0 amide bonds. The third kappa shape index (κ3) is 2.24. The van der Waals surface area contributed by atoms with Gasteiger partial charge in [0.2, 0.25) is 0 Å². The lowest BCUT2D eigenvalue weighted by atomic mass is 10.0. The van der Waals surface area contributed by atoms with Gasteiger partial charge in [-0.25, -0.2) is 4.79 Å². The minimum Gasteiger partial charge on any atom is -0.459 e. The highest BCUT2D eigenvalue weighted by Crippen LogP contribution is 2.25. The van der Waals surface area contributed by atoms with Crippen LogP contribution in [0.25, 0.3) is 0 Å². The van der Waals surface area contributed by atoms with Crippen LogP contribution in [-0.4, -0.2) is 18.6 Å². The van der Waals surface area contributed by atoms with Crippen LogP contribution in [0.3, 0.4) is 0 Å². The molecule has 12 heavy (non-hydrogen) atoms. The SMILES string of the molecule is COC(=O)C#CC1(N)CCCC1. The Hall–Kier alpha value is -1.01. The van der Waals surface area contributed by atoms with Crippen LogP contribution in [0.5, 0.6) is 0 Å². The van der Waals surface area contributed by atoms with Crippen molar-refractivity contribution in [3.63, 3.8) is 0 Å². The van der Waals surface area contributed by atoms with Gasteiger partial charge >= 0.3 is 5.97 Å². The Balaban J connectivity index is 2.57. The van der Waals surface area contributed by atoms with Crippen LogP contribution in [0.15, 0.2) is 0 Å². The van der Waals surface area contributed by atoms with E-state index < -0.39 is 11.5 Å². The van der Waals surface area contributed by atoms with Gasteiger partial charge in [0.25, 0.3) is 0 Å². The van der Waals surface area contributed by atoms with Gasteiger partial charge in [0, 0.05) is 5.92 Å². The highest BCUT2D eigenvalue weighted by molar-refractivity contribution is 5.88. The average molecular weight is 167 g/mol. The maximum Gasteiger partial charge on any atom is 0.384 e. The van der Waals surface area contributed by atoms with E-state index in [-0.39, 0.29) is 0 Å². The van der Waals surface area contributed by atoms with Gasteiger partial charge in [-0.05, 0) is 12.8 Å². The molecule has 0 unspecified atom stereocenters. The van der Waals surface area contributed by atoms with Crippen molar-refractivity contribution in [2.75, 3.05) is 7.11 Å². The minimum absolute atomic E-state index is 0.436. The smallest absolute Gasteiger partial charge is 0.384 e. The maximum atomic E-state index is 10.7. The van der Waals surface area contributed by atoms with Crippen LogP contribution in [-0.2, 0) is 9.53 Å². The number of ether oxygens (including phenoxy) is 1. The first-order chi connectivity index (χ1) is 5.66. The predicted molar refractivity (Wildman–Crippen MR) is 45.2 cm³/mol. The number of hydrogen-bond donors (Lipinski definition) is 1. The Kier molecular flexibility index (Phi) is 2.72. The summed E-state index contributed by atoms with van der Waals surface area (Å²) in [6.45, 7) is 0. The molecule has 0 atom stereocenters. The van der Waals surface area contributed by atoms with Crippen molar-refractivity contribution in [1.82, 2.24) is 0 Å². The summed E-state index contributed by atoms with van der Waals surface area (Å²) >= 11 is 0. The molecule has 0 aromatic rings. The van der Waals surface area contributed by atoms with E-state index in [2.05, 4.69) is 16.6 Å². The van der Waals surface area contributed by atoms with Crippen molar-refractivity contribution >= 4 is 5.97 Å². The number of hydrogen-bond acceptors (Lipinski definition) is 3. The highest BCUT2D eigenvalue weighted by Gasteiger charge is 2.26. The van der Waals surface area contributed by atoms with E-state index in [1.165, 1.54) is 7.11 Å². The second kappa shape index (κ2) is 3.59. The zero-order valence-corrected chi connectivity index (χ0v) is 7.22. The second-order valence-corrected chi connectivity index (χ2v) is 3.10. The molecule has 0 saturated heterocycles. The fourth-order valence-electron chi connectivity index (χ4n) is 1.36. The van der Waals surface area contributed by atoms with Crippen LogP contribution in [0.2, 0.25) is 0 Å². The number of carbonyl (C=O) groups is 1. The van der Waals surface area contributed by atoms with Gasteiger partial charge < -0.3 is 10.5 Å². The van der Waals surface area contributed by atoms with Gasteiger partial charge in [0.15, 0.2) is 0 Å². The fraction of sp³-hybridized carbons (Fsp3) is 0.667. The lowest BCUT2D eigenvalue weighted by molar-refractivity contribution is -0.133. The Bertz CT molecular complexity index is 231. The minimum atomic E-state index is -0.508. The largest absolute Gasteiger partial charge is 0.459 e. The van der Waals surface area contributed by atoms with Crippen molar-refractivity contribution in [2.45, 2.75) is 31.2 Å². The molecule has 1 rings (SSSR count). The third-order valence-electron chi connectivity index (χ3n) is 2.09. The predicted octanol–water partition coefficient (Wildman–Crippen LogP) is 0.434. The Morgan fingerprint density at radius 1 is 1.50 bits per heavy atom. The molecule has 3 nitrogen and oxygen atoms in total. The number of carbonyl (C=O) groups excluding carboxylic acids is 1. The maximum absolute atomic E-state index is 10.7. The molecule has 0 aliphatic heterocycles. The van der Waals surface area contributed by atoms with E-state index in [4.69, 9.17) is 5.73 Å². The van der Waals surface area contributed by atoms with Crippen molar-refractivity contribution < 1.29 is 9.53 Å². The zero-order chi connectivity index (χ0) is 9.03. The summed E-state index contributed by atoms with van der Waals surface area (Å²) in [6, 6.07) is 0. The van der Waals surface area contributed by atoms with E-state index in [0.29, 0.717) is 0 Å². The van der Waals surface area contributed by atoms with Gasteiger partial charge in [-0.2, -0.15) is 0 Å². The van der Waals surface area contributed by atoms with E-state index in [1.807, 2.05) is 0 Å². The summed E-state index contributed by atoms with van der Waals surface area (Å²) in [4.78, 5) is 10.7. The van der Waals surface area contributed by atoms with Crippen LogP contribution in [0, 0.1) is 11.8 Å². The molecule has 0 heterocycles. The summed E-state index contributed by atoms with van der Waals surface area (Å²) in [5.41, 5.74) is 5.44. The van der Waals surface area contributed by atoms with Crippen molar-refractivity contribution in [1.29, 1.82) is 0 Å². The summed E-state index contributed by atoms with van der Waals surface area (Å²) in [5, 5.41) is 0. The molecule has 1 saturated carbocycles. The van der Waals surface area contributed by atoms with E-state index in [0.717, 1.165) is 25.7 Å². The molecule has 0 radical (unpaired) electrons. The van der Waals surface area contributed by atoms with Gasteiger partial charge in [0.1, 0.15) is 0 Å². The summed E-state index contributed by atoms with van der Waals surface area (Å²) in [5.74, 6) is 4.63. The topological polar surface area (TPSA) is 52.3 Å². The van der Waals surface area contributed by atoms with Gasteiger partial charge in [0.05, 0.1) is 12.6 Å². The van der Waals surface area contributed by atoms with E-state index in [9.17, 15) is 4.79 Å². The van der Waals surface area contributed by atoms with Crippen LogP contribution in [0.1, 0.15) is 25.7 Å². The summed E-state index contributed by atoms with van der Waals surface area (Å²) in [6.07, 6.45) is 3.98. The van der Waals surface area contributed by atoms with E-state index in [1.54, 1.807) is 0 Å². The van der Waals surface area contributed by atoms with Gasteiger partial charge in [-0.3, -0.25) is 0 Å². The summed E-state index contributed by atoms with van der Waals surface area (Å²) in [7, 11) is 1.31. The molecular weight excluding hydrogens is 154 g/mol. The molecule has 0 aromatic carbocycles. The molecule has 1 aliphatic carbocycles. The van der Waals surface area contributed by atoms with Crippen LogP contribution >= 0.6 is 0 Å². The van der Waals surface area contributed by atoms with Gasteiger partial charge in [-0.15, -0.1) is 0 Å². The number of rotatable bonds is 0. The molecule has 1 aliphatic rings. The van der Waals surface area contributed by atoms with Crippen LogP contribution in [0.4, 0.5) is 0 Å². The standard InChI is InChI=1S/C9H13NO2/c1-12-8(11)4-7-9(10)5-2-3-6-9/h2-3,5-6,10H2,1H3. The molecule has 66 valence electrons. The Labute approximate surface area is 72.3 Å². The monoisotopic (exact) mass is 167 g/mol. The molecule has 0 aromatic heterocycles.